The van der Waals surface area contributed by atoms with Crippen LogP contribution in [0.5, 0.6) is 0 Å². The Morgan fingerprint density at radius 2 is 1.50 bits per heavy atom. The molecule has 0 saturated carbocycles. The van der Waals surface area contributed by atoms with E-state index in [0.29, 0.717) is 22.4 Å². The third kappa shape index (κ3) is 4.40. The Labute approximate surface area is 197 Å². The van der Waals surface area contributed by atoms with Crippen molar-refractivity contribution in [2.45, 2.75) is 25.7 Å². The Hall–Kier alpha value is -4.04. The lowest BCUT2D eigenvalue weighted by atomic mass is 9.92. The van der Waals surface area contributed by atoms with Gasteiger partial charge >= 0.3 is 5.97 Å². The van der Waals surface area contributed by atoms with Gasteiger partial charge in [0.2, 0.25) is 5.78 Å². The number of sulfonamides is 1. The highest BCUT2D eigenvalue weighted by atomic mass is 32.2. The van der Waals surface area contributed by atoms with Gasteiger partial charge in [0.25, 0.3) is 10.0 Å². The second kappa shape index (κ2) is 8.72. The van der Waals surface area contributed by atoms with Crippen LogP contribution in [-0.2, 0) is 10.0 Å². The molecule has 0 aliphatic heterocycles. The van der Waals surface area contributed by atoms with E-state index in [0.717, 1.165) is 11.1 Å². The van der Waals surface area contributed by atoms with Crippen molar-refractivity contribution in [3.63, 3.8) is 0 Å². The number of fused-ring (bicyclic) bond motifs is 1. The van der Waals surface area contributed by atoms with E-state index in [1.807, 2.05) is 19.9 Å². The fourth-order valence-corrected chi connectivity index (χ4v) is 5.04. The molecule has 0 spiro atoms. The third-order valence-electron chi connectivity index (χ3n) is 5.67. The molecule has 1 aliphatic carbocycles. The lowest BCUT2D eigenvalue weighted by Gasteiger charge is -2.19. The second-order valence-electron chi connectivity index (χ2n) is 8.09. The van der Waals surface area contributed by atoms with E-state index in [1.165, 1.54) is 30.3 Å². The molecular formula is C26H22N2O5S. The molecule has 2 N–H and O–H groups in total. The summed E-state index contributed by atoms with van der Waals surface area (Å²) >= 11 is 0. The molecular weight excluding hydrogens is 452 g/mol. The number of aryl methyl sites for hydroxylation is 3. The Balaban J connectivity index is 1.80. The molecule has 0 bridgehead atoms. The van der Waals surface area contributed by atoms with Gasteiger partial charge < -0.3 is 10.4 Å². The summed E-state index contributed by atoms with van der Waals surface area (Å²) < 4.78 is 30.6. The third-order valence-corrected chi connectivity index (χ3v) is 7.10. The first-order valence-electron chi connectivity index (χ1n) is 10.5. The van der Waals surface area contributed by atoms with Crippen molar-refractivity contribution < 1.29 is 23.1 Å². The van der Waals surface area contributed by atoms with Crippen molar-refractivity contribution >= 4 is 33.2 Å². The van der Waals surface area contributed by atoms with E-state index < -0.39 is 16.0 Å². The molecule has 0 saturated heterocycles. The molecule has 7 nitrogen and oxygen atoms in total. The lowest BCUT2D eigenvalue weighted by molar-refractivity contribution is 0.0696. The minimum atomic E-state index is -4.06. The fraction of sp³-hybridized carbons (Fsp3) is 0.115. The number of hydrogen-bond donors (Lipinski definition) is 2. The summed E-state index contributed by atoms with van der Waals surface area (Å²) in [6, 6.07) is 16.0. The number of nitrogens with one attached hydrogen (secondary N) is 1. The van der Waals surface area contributed by atoms with E-state index >= 15 is 0 Å². The highest BCUT2D eigenvalue weighted by Gasteiger charge is 2.27. The van der Waals surface area contributed by atoms with E-state index in [9.17, 15) is 18.0 Å². The molecule has 3 aromatic carbocycles. The minimum absolute atomic E-state index is 0.108. The summed E-state index contributed by atoms with van der Waals surface area (Å²) in [5, 5.41) is 12.0. The first-order valence-corrected chi connectivity index (χ1v) is 11.9. The number of benzene rings is 3. The first kappa shape index (κ1) is 23.1. The number of carboxylic acids is 1. The van der Waals surface area contributed by atoms with Crippen molar-refractivity contribution in [2.75, 3.05) is 5.32 Å². The molecule has 0 heterocycles. The van der Waals surface area contributed by atoms with Crippen molar-refractivity contribution in [1.29, 1.82) is 0 Å². The molecule has 8 heteroatoms. The quantitative estimate of drug-likeness (QED) is 0.555. The van der Waals surface area contributed by atoms with Gasteiger partial charge in [-0.2, -0.15) is 12.8 Å². The predicted molar refractivity (Wildman–Crippen MR) is 130 cm³/mol. The SMILES string of the molecule is Cc1cc(C)c(S(=O)(=O)N=C2C=C(Nc3ccc(C(=O)O)cc3)C(=O)c3ccccc32)cc1C. The number of Topliss-reactive ketones (excluding diaryl/α,β-unsaturated/α-hetero) is 1. The number of rotatable bonds is 5. The van der Waals surface area contributed by atoms with E-state index in [-0.39, 0.29) is 27.7 Å². The minimum Gasteiger partial charge on any atom is -0.478 e. The van der Waals surface area contributed by atoms with Crippen LogP contribution in [-0.4, -0.2) is 31.0 Å². The van der Waals surface area contributed by atoms with Crippen LogP contribution in [0.1, 0.15) is 43.0 Å². The standard InChI is InChI=1S/C26H22N2O5S/c1-15-12-17(3)24(13-16(15)2)34(32,33)28-22-14-23(25(29)21-7-5-4-6-20(21)22)27-19-10-8-18(9-11-19)26(30)31/h4-14,27H,1-3H3,(H,30,31). The summed E-state index contributed by atoms with van der Waals surface area (Å²) in [7, 11) is -4.06. The Morgan fingerprint density at radius 1 is 0.882 bits per heavy atom. The van der Waals surface area contributed by atoms with Crippen molar-refractivity contribution in [3.8, 4) is 0 Å². The normalized spacial score (nSPS) is 14.5. The molecule has 4 rings (SSSR count). The van der Waals surface area contributed by atoms with Crippen LogP contribution < -0.4 is 5.32 Å². The van der Waals surface area contributed by atoms with Gasteiger partial charge in [-0.25, -0.2) is 4.79 Å². The molecule has 172 valence electrons. The number of carbonyl (C=O) groups is 2. The fourth-order valence-electron chi connectivity index (χ4n) is 3.74. The number of carbonyl (C=O) groups excluding carboxylic acids is 1. The van der Waals surface area contributed by atoms with Crippen LogP contribution in [0.4, 0.5) is 5.69 Å². The highest BCUT2D eigenvalue weighted by Crippen LogP contribution is 2.27. The van der Waals surface area contributed by atoms with Crippen molar-refractivity contribution in [3.05, 3.63) is 106 Å². The van der Waals surface area contributed by atoms with E-state index in [2.05, 4.69) is 9.71 Å². The van der Waals surface area contributed by atoms with Gasteiger partial charge in [-0.15, -0.1) is 0 Å². The molecule has 0 aromatic heterocycles. The van der Waals surface area contributed by atoms with Gasteiger partial charge in [0.1, 0.15) is 0 Å². The zero-order valence-corrected chi connectivity index (χ0v) is 19.6. The summed E-state index contributed by atoms with van der Waals surface area (Å²) in [4.78, 5) is 24.3. The molecule has 34 heavy (non-hydrogen) atoms. The molecule has 1 aliphatic rings. The largest absolute Gasteiger partial charge is 0.478 e. The number of hydrogen-bond acceptors (Lipinski definition) is 5. The van der Waals surface area contributed by atoms with Crippen LogP contribution in [0.3, 0.4) is 0 Å². The Kier molecular flexibility index (Phi) is 5.93. The van der Waals surface area contributed by atoms with Gasteiger partial charge in [-0.3, -0.25) is 4.79 Å². The number of nitrogens with zero attached hydrogens (tertiary/aromatic N) is 1. The summed E-state index contributed by atoms with van der Waals surface area (Å²) in [5.41, 5.74) is 4.01. The summed E-state index contributed by atoms with van der Waals surface area (Å²) in [5.74, 6) is -1.38. The second-order valence-corrected chi connectivity index (χ2v) is 9.67. The van der Waals surface area contributed by atoms with E-state index in [1.54, 1.807) is 37.3 Å². The van der Waals surface area contributed by atoms with Crippen LogP contribution in [0, 0.1) is 20.8 Å². The number of allylic oxidation sites excluding steroid dienone is 2. The number of anilines is 1. The first-order chi connectivity index (χ1) is 16.1. The van der Waals surface area contributed by atoms with Gasteiger partial charge in [0.05, 0.1) is 21.9 Å². The van der Waals surface area contributed by atoms with Crippen molar-refractivity contribution in [2.24, 2.45) is 4.40 Å². The molecule has 0 amide bonds. The number of carboxylic acid groups (broad SMARTS) is 1. The molecule has 0 atom stereocenters. The van der Waals surface area contributed by atoms with Crippen LogP contribution >= 0.6 is 0 Å². The maximum Gasteiger partial charge on any atom is 0.335 e. The number of ketones is 1. The Morgan fingerprint density at radius 3 is 2.15 bits per heavy atom. The van der Waals surface area contributed by atoms with Crippen molar-refractivity contribution in [1.82, 2.24) is 0 Å². The average molecular weight is 475 g/mol. The Bertz CT molecular complexity index is 1500. The maximum atomic E-state index is 13.3. The van der Waals surface area contributed by atoms with Gasteiger partial charge in [0, 0.05) is 16.8 Å². The van der Waals surface area contributed by atoms with Gasteiger partial charge in [0.15, 0.2) is 0 Å². The van der Waals surface area contributed by atoms with Crippen LogP contribution in [0.2, 0.25) is 0 Å². The zero-order chi connectivity index (χ0) is 24.6. The molecule has 0 unspecified atom stereocenters. The maximum absolute atomic E-state index is 13.3. The molecule has 3 aromatic rings. The topological polar surface area (TPSA) is 113 Å². The van der Waals surface area contributed by atoms with Gasteiger partial charge in [-0.1, -0.05) is 30.3 Å². The zero-order valence-electron chi connectivity index (χ0n) is 18.8. The summed E-state index contributed by atoms with van der Waals surface area (Å²) in [6.07, 6.45) is 1.41. The van der Waals surface area contributed by atoms with Crippen LogP contribution in [0.25, 0.3) is 0 Å². The number of aromatic carboxylic acids is 1. The monoisotopic (exact) mass is 474 g/mol. The lowest BCUT2D eigenvalue weighted by Crippen LogP contribution is -2.22. The van der Waals surface area contributed by atoms with Gasteiger partial charge in [-0.05, 0) is 73.9 Å². The molecule has 0 fully saturated rings. The van der Waals surface area contributed by atoms with E-state index in [4.69, 9.17) is 5.11 Å². The predicted octanol–water partition coefficient (Wildman–Crippen LogP) is 4.68. The van der Waals surface area contributed by atoms with Crippen LogP contribution in [0.15, 0.2) is 81.7 Å². The summed E-state index contributed by atoms with van der Waals surface area (Å²) in [6.45, 7) is 5.48. The molecule has 0 radical (unpaired) electrons. The smallest absolute Gasteiger partial charge is 0.335 e. The highest BCUT2D eigenvalue weighted by molar-refractivity contribution is 7.90. The average Bonchev–Trinajstić information content (AvgIpc) is 2.79.